The molecular weight excluding hydrogens is 242 g/mol. The molecule has 0 aliphatic heterocycles. The van der Waals surface area contributed by atoms with Crippen LogP contribution >= 0.6 is 11.6 Å². The van der Waals surface area contributed by atoms with E-state index in [2.05, 4.69) is 0 Å². The van der Waals surface area contributed by atoms with Gasteiger partial charge in [-0.1, -0.05) is 31.9 Å². The first-order chi connectivity index (χ1) is 8.06. The molecule has 0 spiro atoms. The summed E-state index contributed by atoms with van der Waals surface area (Å²) in [5.74, 6) is -0.246. The smallest absolute Gasteiger partial charge is 0.270 e. The Bertz CT molecular complexity index is 420. The first kappa shape index (κ1) is 13.6. The van der Waals surface area contributed by atoms with Crippen LogP contribution in [0.1, 0.15) is 36.5 Å². The molecule has 0 saturated carbocycles. The maximum atomic E-state index is 11.9. The van der Waals surface area contributed by atoms with Crippen LogP contribution in [0.4, 0.5) is 5.69 Å². The Hall–Kier alpha value is -1.42. The molecule has 1 aromatic rings. The minimum Gasteiger partial charge on any atom is -0.293 e. The molecular formula is C12H14ClNO3. The van der Waals surface area contributed by atoms with Gasteiger partial charge in [0.2, 0.25) is 0 Å². The molecule has 0 radical (unpaired) electrons. The lowest BCUT2D eigenvalue weighted by Gasteiger charge is -2.07. The van der Waals surface area contributed by atoms with Crippen molar-refractivity contribution in [3.05, 3.63) is 39.9 Å². The van der Waals surface area contributed by atoms with Gasteiger partial charge in [0.05, 0.1) is 10.3 Å². The van der Waals surface area contributed by atoms with E-state index in [1.807, 2.05) is 6.92 Å². The van der Waals surface area contributed by atoms with Crippen LogP contribution in [0, 0.1) is 10.1 Å². The van der Waals surface area contributed by atoms with Gasteiger partial charge in [-0.25, -0.2) is 0 Å². The molecule has 0 fully saturated rings. The Labute approximate surface area is 105 Å². The van der Waals surface area contributed by atoms with Crippen LogP contribution in [-0.4, -0.2) is 16.1 Å². The molecule has 5 heteroatoms. The standard InChI is InChI=1S/C12H14ClNO3/c1-2-3-7-11(13)12(15)9-5-4-6-10(8-9)14(16)17/h4-6,8,11H,2-3,7H2,1H3. The fraction of sp³-hybridized carbons (Fsp3) is 0.417. The molecule has 0 heterocycles. The average Bonchev–Trinajstić information content (AvgIpc) is 2.35. The minimum absolute atomic E-state index is 0.0878. The van der Waals surface area contributed by atoms with Gasteiger partial charge in [0.25, 0.3) is 5.69 Å². The highest BCUT2D eigenvalue weighted by atomic mass is 35.5. The molecule has 4 nitrogen and oxygen atoms in total. The first-order valence-corrected chi connectivity index (χ1v) is 5.92. The highest BCUT2D eigenvalue weighted by Gasteiger charge is 2.18. The SMILES string of the molecule is CCCCC(Cl)C(=O)c1cccc([N+](=O)[O-])c1. The monoisotopic (exact) mass is 255 g/mol. The number of alkyl halides is 1. The van der Waals surface area contributed by atoms with E-state index in [9.17, 15) is 14.9 Å². The van der Waals surface area contributed by atoms with Crippen LogP contribution in [-0.2, 0) is 0 Å². The number of Topliss-reactive ketones (excluding diaryl/α,β-unsaturated/α-hetero) is 1. The van der Waals surface area contributed by atoms with Gasteiger partial charge < -0.3 is 0 Å². The van der Waals surface area contributed by atoms with Crippen LogP contribution in [0.25, 0.3) is 0 Å². The van der Waals surface area contributed by atoms with Crippen molar-refractivity contribution in [3.8, 4) is 0 Å². The van der Waals surface area contributed by atoms with Gasteiger partial charge >= 0.3 is 0 Å². The molecule has 0 amide bonds. The zero-order valence-electron chi connectivity index (χ0n) is 9.56. The lowest BCUT2D eigenvalue weighted by atomic mass is 10.0. The van der Waals surface area contributed by atoms with E-state index in [1.165, 1.54) is 18.2 Å². The number of carbonyl (C=O) groups excluding carboxylic acids is 1. The van der Waals surface area contributed by atoms with Gasteiger partial charge in [-0.3, -0.25) is 14.9 Å². The van der Waals surface area contributed by atoms with E-state index >= 15 is 0 Å². The molecule has 0 aliphatic carbocycles. The molecule has 0 aliphatic rings. The number of nitrogens with zero attached hydrogens (tertiary/aromatic N) is 1. The maximum absolute atomic E-state index is 11.9. The molecule has 0 bridgehead atoms. The third-order valence-electron chi connectivity index (χ3n) is 2.44. The van der Waals surface area contributed by atoms with E-state index in [4.69, 9.17) is 11.6 Å². The number of hydrogen-bond acceptors (Lipinski definition) is 3. The third-order valence-corrected chi connectivity index (χ3v) is 2.85. The van der Waals surface area contributed by atoms with Crippen molar-refractivity contribution in [2.45, 2.75) is 31.6 Å². The normalized spacial score (nSPS) is 12.1. The molecule has 92 valence electrons. The van der Waals surface area contributed by atoms with Crippen LogP contribution in [0.5, 0.6) is 0 Å². The molecule has 1 aromatic carbocycles. The van der Waals surface area contributed by atoms with E-state index in [-0.39, 0.29) is 11.5 Å². The topological polar surface area (TPSA) is 60.2 Å². The fourth-order valence-corrected chi connectivity index (χ4v) is 1.75. The second-order valence-electron chi connectivity index (χ2n) is 3.78. The molecule has 17 heavy (non-hydrogen) atoms. The summed E-state index contributed by atoms with van der Waals surface area (Å²) >= 11 is 5.96. The highest BCUT2D eigenvalue weighted by Crippen LogP contribution is 2.18. The maximum Gasteiger partial charge on any atom is 0.270 e. The van der Waals surface area contributed by atoms with E-state index in [0.29, 0.717) is 12.0 Å². The number of hydrogen-bond donors (Lipinski definition) is 0. The van der Waals surface area contributed by atoms with Gasteiger partial charge in [-0.05, 0) is 6.42 Å². The predicted molar refractivity (Wildman–Crippen MR) is 66.6 cm³/mol. The van der Waals surface area contributed by atoms with Gasteiger partial charge in [0.1, 0.15) is 0 Å². The average molecular weight is 256 g/mol. The second-order valence-corrected chi connectivity index (χ2v) is 4.31. The number of nitro groups is 1. The lowest BCUT2D eigenvalue weighted by molar-refractivity contribution is -0.384. The zero-order valence-corrected chi connectivity index (χ0v) is 10.3. The highest BCUT2D eigenvalue weighted by molar-refractivity contribution is 6.33. The number of nitro benzene ring substituents is 1. The summed E-state index contributed by atoms with van der Waals surface area (Å²) in [6.07, 6.45) is 2.43. The molecule has 1 atom stereocenters. The summed E-state index contributed by atoms with van der Waals surface area (Å²) in [6, 6.07) is 5.67. The predicted octanol–water partition coefficient (Wildman–Crippen LogP) is 3.58. The molecule has 0 saturated heterocycles. The van der Waals surface area contributed by atoms with Crippen LogP contribution in [0.15, 0.2) is 24.3 Å². The lowest BCUT2D eigenvalue weighted by Crippen LogP contribution is -2.14. The molecule has 0 N–H and O–H groups in total. The van der Waals surface area contributed by atoms with Crippen molar-refractivity contribution in [2.75, 3.05) is 0 Å². The number of ketones is 1. The summed E-state index contributed by atoms with van der Waals surface area (Å²) in [5.41, 5.74) is 0.213. The molecule has 1 rings (SSSR count). The summed E-state index contributed by atoms with van der Waals surface area (Å²) in [4.78, 5) is 21.9. The van der Waals surface area contributed by atoms with E-state index in [1.54, 1.807) is 6.07 Å². The third kappa shape index (κ3) is 3.82. The Morgan fingerprint density at radius 2 is 2.24 bits per heavy atom. The van der Waals surface area contributed by atoms with Gasteiger partial charge in [-0.2, -0.15) is 0 Å². The quantitative estimate of drug-likeness (QED) is 0.338. The van der Waals surface area contributed by atoms with Crippen LogP contribution < -0.4 is 0 Å². The zero-order chi connectivity index (χ0) is 12.8. The van der Waals surface area contributed by atoms with Gasteiger partial charge in [0.15, 0.2) is 5.78 Å². The van der Waals surface area contributed by atoms with Crippen LogP contribution in [0.3, 0.4) is 0 Å². The Balaban J connectivity index is 2.81. The molecule has 1 unspecified atom stereocenters. The summed E-state index contributed by atoms with van der Waals surface area (Å²) < 4.78 is 0. The summed E-state index contributed by atoms with van der Waals surface area (Å²) in [5, 5.41) is 9.98. The number of benzene rings is 1. The van der Waals surface area contributed by atoms with Crippen molar-refractivity contribution >= 4 is 23.1 Å². The van der Waals surface area contributed by atoms with Crippen molar-refractivity contribution < 1.29 is 9.72 Å². The Morgan fingerprint density at radius 1 is 1.53 bits per heavy atom. The first-order valence-electron chi connectivity index (χ1n) is 5.49. The van der Waals surface area contributed by atoms with E-state index < -0.39 is 10.3 Å². The number of unbranched alkanes of at least 4 members (excludes halogenated alkanes) is 1. The van der Waals surface area contributed by atoms with Gasteiger partial charge in [-0.15, -0.1) is 11.6 Å². The molecule has 0 aromatic heterocycles. The minimum atomic E-state index is -0.600. The number of halogens is 1. The largest absolute Gasteiger partial charge is 0.293 e. The fourth-order valence-electron chi connectivity index (χ4n) is 1.47. The van der Waals surface area contributed by atoms with Crippen molar-refractivity contribution in [1.29, 1.82) is 0 Å². The summed E-state index contributed by atoms with van der Waals surface area (Å²) in [6.45, 7) is 2.02. The Kier molecular flexibility index (Phi) is 5.10. The van der Waals surface area contributed by atoms with E-state index in [0.717, 1.165) is 12.8 Å². The van der Waals surface area contributed by atoms with Crippen molar-refractivity contribution in [3.63, 3.8) is 0 Å². The van der Waals surface area contributed by atoms with Crippen LogP contribution in [0.2, 0.25) is 0 Å². The Morgan fingerprint density at radius 3 is 2.82 bits per heavy atom. The second kappa shape index (κ2) is 6.35. The van der Waals surface area contributed by atoms with Crippen molar-refractivity contribution in [1.82, 2.24) is 0 Å². The number of carbonyl (C=O) groups is 1. The van der Waals surface area contributed by atoms with Gasteiger partial charge in [0, 0.05) is 17.7 Å². The summed E-state index contributed by atoms with van der Waals surface area (Å²) in [7, 11) is 0. The number of rotatable bonds is 6. The number of non-ortho nitro benzene ring substituents is 1. The van der Waals surface area contributed by atoms with Crippen molar-refractivity contribution in [2.24, 2.45) is 0 Å².